The Kier molecular flexibility index (Phi) is 6.87. The predicted molar refractivity (Wildman–Crippen MR) is 125 cm³/mol. The number of likely N-dealkylation sites (tertiary alicyclic amines) is 1. The summed E-state index contributed by atoms with van der Waals surface area (Å²) < 4.78 is 0. The van der Waals surface area contributed by atoms with Crippen LogP contribution in [-0.4, -0.2) is 47.4 Å². The van der Waals surface area contributed by atoms with Crippen molar-refractivity contribution >= 4 is 22.4 Å². The number of hydrogen-bond acceptors (Lipinski definition) is 5. The van der Waals surface area contributed by atoms with Gasteiger partial charge in [-0.3, -0.25) is 14.7 Å². The molecule has 2 unspecified atom stereocenters. The lowest BCUT2D eigenvalue weighted by molar-refractivity contribution is -0.123. The number of nitriles is 1. The van der Waals surface area contributed by atoms with Crippen LogP contribution in [0.5, 0.6) is 0 Å². The highest BCUT2D eigenvalue weighted by molar-refractivity contribution is 5.95. The van der Waals surface area contributed by atoms with E-state index in [0.29, 0.717) is 29.9 Å². The highest BCUT2D eigenvalue weighted by atomic mass is 16.1. The van der Waals surface area contributed by atoms with E-state index in [0.717, 1.165) is 55.5 Å². The van der Waals surface area contributed by atoms with Crippen molar-refractivity contribution < 1.29 is 4.79 Å². The molecule has 0 spiro atoms. The number of carbonyl (C=O) groups is 1. The Morgan fingerprint density at radius 2 is 1.87 bits per heavy atom. The largest absolute Gasteiger partial charge is 0.371 e. The number of ketones is 1. The summed E-state index contributed by atoms with van der Waals surface area (Å²) in [5.74, 6) is 0.638. The van der Waals surface area contributed by atoms with Crippen molar-refractivity contribution in [1.82, 2.24) is 9.88 Å². The van der Waals surface area contributed by atoms with Gasteiger partial charge in [-0.05, 0) is 76.8 Å². The highest BCUT2D eigenvalue weighted by Gasteiger charge is 2.27. The molecule has 4 rings (SSSR count). The number of Topliss-reactive ketones (excluding diaryl/α,β-unsaturated/α-hetero) is 1. The van der Waals surface area contributed by atoms with E-state index in [9.17, 15) is 10.1 Å². The third-order valence-electron chi connectivity index (χ3n) is 7.37. The number of fused-ring (bicyclic) bond motifs is 1. The van der Waals surface area contributed by atoms with Crippen LogP contribution in [0.25, 0.3) is 10.9 Å². The van der Waals surface area contributed by atoms with Crippen LogP contribution < -0.4 is 4.90 Å². The second-order valence-corrected chi connectivity index (χ2v) is 9.34. The average molecular weight is 419 g/mol. The molecule has 0 N–H and O–H groups in total. The zero-order valence-corrected chi connectivity index (χ0v) is 18.9. The molecule has 0 radical (unpaired) electrons. The summed E-state index contributed by atoms with van der Waals surface area (Å²) in [6.07, 6.45) is 9.18. The fraction of sp³-hybridized carbons (Fsp3) is 0.577. The van der Waals surface area contributed by atoms with Gasteiger partial charge in [-0.2, -0.15) is 5.26 Å². The van der Waals surface area contributed by atoms with E-state index in [1.165, 1.54) is 19.3 Å². The minimum Gasteiger partial charge on any atom is -0.371 e. The molecule has 31 heavy (non-hydrogen) atoms. The molecule has 0 bridgehead atoms. The number of aromatic nitrogens is 1. The zero-order valence-electron chi connectivity index (χ0n) is 18.9. The van der Waals surface area contributed by atoms with Crippen LogP contribution >= 0.6 is 0 Å². The summed E-state index contributed by atoms with van der Waals surface area (Å²) in [5.41, 5.74) is 2.50. The topological polar surface area (TPSA) is 60.2 Å². The lowest BCUT2D eigenvalue weighted by Crippen LogP contribution is -2.44. The standard InChI is InChI=1S/C26H34N4O/c1-19-6-3-7-20(2)30(19)15-5-9-25(31)21-12-16-29(17-13-21)24-11-10-22(18-27)26-23(24)8-4-14-28-26/h4,8,10-11,14,19-21H,3,5-7,9,12-13,15-17H2,1-2H3. The SMILES string of the molecule is CC1CCCC(C)N1CCCC(=O)C1CCN(c2ccc(C#N)c3ncccc23)CC1. The monoisotopic (exact) mass is 418 g/mol. The predicted octanol–water partition coefficient (Wildman–Crippen LogP) is 4.94. The van der Waals surface area contributed by atoms with Crippen molar-refractivity contribution in [3.05, 3.63) is 36.0 Å². The third kappa shape index (κ3) is 4.75. The first-order chi connectivity index (χ1) is 15.1. The van der Waals surface area contributed by atoms with Gasteiger partial charge in [0.05, 0.1) is 11.1 Å². The third-order valence-corrected chi connectivity index (χ3v) is 7.37. The molecule has 0 aliphatic carbocycles. The molecule has 5 heteroatoms. The number of pyridine rings is 1. The maximum absolute atomic E-state index is 12.9. The van der Waals surface area contributed by atoms with Crippen LogP contribution in [0.3, 0.4) is 0 Å². The van der Waals surface area contributed by atoms with E-state index in [2.05, 4.69) is 34.7 Å². The summed E-state index contributed by atoms with van der Waals surface area (Å²) in [6, 6.07) is 11.4. The molecule has 3 heterocycles. The first-order valence-corrected chi connectivity index (χ1v) is 11.9. The first-order valence-electron chi connectivity index (χ1n) is 11.9. The van der Waals surface area contributed by atoms with Crippen molar-refractivity contribution in [2.45, 2.75) is 70.9 Å². The van der Waals surface area contributed by atoms with Crippen LogP contribution in [-0.2, 0) is 4.79 Å². The van der Waals surface area contributed by atoms with Gasteiger partial charge < -0.3 is 4.90 Å². The zero-order chi connectivity index (χ0) is 21.8. The van der Waals surface area contributed by atoms with Crippen molar-refractivity contribution in [3.63, 3.8) is 0 Å². The number of carbonyl (C=O) groups excluding carboxylic acids is 1. The van der Waals surface area contributed by atoms with Crippen molar-refractivity contribution in [3.8, 4) is 6.07 Å². The summed E-state index contributed by atoms with van der Waals surface area (Å²) in [4.78, 5) is 22.2. The molecule has 0 amide bonds. The van der Waals surface area contributed by atoms with Gasteiger partial charge in [-0.15, -0.1) is 0 Å². The van der Waals surface area contributed by atoms with E-state index in [4.69, 9.17) is 0 Å². The van der Waals surface area contributed by atoms with Gasteiger partial charge in [0.2, 0.25) is 0 Å². The average Bonchev–Trinajstić information content (AvgIpc) is 2.80. The summed E-state index contributed by atoms with van der Waals surface area (Å²) in [7, 11) is 0. The molecule has 0 saturated carbocycles. The molecule has 2 aliphatic heterocycles. The molecule has 1 aromatic carbocycles. The van der Waals surface area contributed by atoms with E-state index < -0.39 is 0 Å². The molecule has 2 atom stereocenters. The summed E-state index contributed by atoms with van der Waals surface area (Å²) >= 11 is 0. The lowest BCUT2D eigenvalue weighted by atomic mass is 9.89. The highest BCUT2D eigenvalue weighted by Crippen LogP contribution is 2.32. The molecule has 5 nitrogen and oxygen atoms in total. The van der Waals surface area contributed by atoms with Gasteiger partial charge in [0, 0.05) is 54.8 Å². The maximum atomic E-state index is 12.9. The van der Waals surface area contributed by atoms with Gasteiger partial charge in [0.15, 0.2) is 0 Å². The number of nitrogens with zero attached hydrogens (tertiary/aromatic N) is 4. The maximum Gasteiger partial charge on any atom is 0.136 e. The van der Waals surface area contributed by atoms with Crippen LogP contribution in [0.15, 0.2) is 30.5 Å². The number of hydrogen-bond donors (Lipinski definition) is 0. The number of benzene rings is 1. The molecule has 2 aliphatic rings. The quantitative estimate of drug-likeness (QED) is 0.665. The molecular weight excluding hydrogens is 384 g/mol. The summed E-state index contributed by atoms with van der Waals surface area (Å²) in [6.45, 7) is 7.47. The number of piperidine rings is 2. The second-order valence-electron chi connectivity index (χ2n) is 9.34. The van der Waals surface area contributed by atoms with Crippen LogP contribution in [0.2, 0.25) is 0 Å². The van der Waals surface area contributed by atoms with Gasteiger partial charge in [0.1, 0.15) is 11.9 Å². The summed E-state index contributed by atoms with van der Waals surface area (Å²) in [5, 5.41) is 10.4. The Labute approximate surface area is 186 Å². The van der Waals surface area contributed by atoms with Crippen molar-refractivity contribution in [2.24, 2.45) is 5.92 Å². The van der Waals surface area contributed by atoms with Gasteiger partial charge in [-0.1, -0.05) is 6.42 Å². The van der Waals surface area contributed by atoms with E-state index >= 15 is 0 Å². The fourth-order valence-electron chi connectivity index (χ4n) is 5.52. The van der Waals surface area contributed by atoms with E-state index in [1.54, 1.807) is 6.20 Å². The van der Waals surface area contributed by atoms with E-state index in [1.807, 2.05) is 24.3 Å². The molecule has 2 aromatic rings. The van der Waals surface area contributed by atoms with Gasteiger partial charge in [0.25, 0.3) is 0 Å². The Bertz CT molecular complexity index is 948. The Morgan fingerprint density at radius 3 is 2.58 bits per heavy atom. The molecular formula is C26H34N4O. The molecule has 1 aromatic heterocycles. The van der Waals surface area contributed by atoms with Crippen LogP contribution in [0, 0.1) is 17.2 Å². The minimum absolute atomic E-state index is 0.190. The van der Waals surface area contributed by atoms with Crippen LogP contribution in [0.4, 0.5) is 5.69 Å². The van der Waals surface area contributed by atoms with Crippen molar-refractivity contribution in [2.75, 3.05) is 24.5 Å². The lowest BCUT2D eigenvalue weighted by Gasteiger charge is -2.39. The Balaban J connectivity index is 1.31. The number of rotatable bonds is 6. The second kappa shape index (κ2) is 9.78. The van der Waals surface area contributed by atoms with Gasteiger partial charge >= 0.3 is 0 Å². The van der Waals surface area contributed by atoms with Crippen molar-refractivity contribution in [1.29, 1.82) is 5.26 Å². The van der Waals surface area contributed by atoms with Crippen LogP contribution in [0.1, 0.15) is 64.4 Å². The number of anilines is 1. The van der Waals surface area contributed by atoms with Gasteiger partial charge in [-0.25, -0.2) is 0 Å². The molecule has 2 fully saturated rings. The molecule has 164 valence electrons. The molecule has 2 saturated heterocycles. The smallest absolute Gasteiger partial charge is 0.136 e. The Morgan fingerprint density at radius 1 is 1.13 bits per heavy atom. The first kappa shape index (κ1) is 21.8. The minimum atomic E-state index is 0.190. The fourth-order valence-corrected chi connectivity index (χ4v) is 5.52. The normalized spacial score (nSPS) is 23.1. The van der Waals surface area contributed by atoms with E-state index in [-0.39, 0.29) is 5.92 Å². The Hall–Kier alpha value is -2.45.